The van der Waals surface area contributed by atoms with Gasteiger partial charge in [0, 0.05) is 12.5 Å². The second-order valence-electron chi connectivity index (χ2n) is 4.92. The SMILES string of the molecule is CCCCCCCC(C=Cc1ccccc1)CO. The summed E-state index contributed by atoms with van der Waals surface area (Å²) in [5.74, 6) is 0.312. The van der Waals surface area contributed by atoms with Gasteiger partial charge in [-0.3, -0.25) is 0 Å². The lowest BCUT2D eigenvalue weighted by molar-refractivity contribution is 0.243. The molecule has 0 spiro atoms. The normalized spacial score (nSPS) is 13.0. The second-order valence-corrected chi connectivity index (χ2v) is 4.92. The molecule has 1 unspecified atom stereocenters. The molecule has 1 rings (SSSR count). The monoisotopic (exact) mass is 246 g/mol. The fourth-order valence-corrected chi connectivity index (χ4v) is 2.07. The van der Waals surface area contributed by atoms with Gasteiger partial charge in [-0.1, -0.05) is 81.5 Å². The molecule has 0 aliphatic rings. The Kier molecular flexibility index (Phi) is 8.24. The van der Waals surface area contributed by atoms with Crippen molar-refractivity contribution in [3.05, 3.63) is 42.0 Å². The molecule has 1 aromatic carbocycles. The standard InChI is InChI=1S/C17H26O/c1-2-3-4-5-7-12-17(15-18)14-13-16-10-8-6-9-11-16/h6,8-11,13-14,17-18H,2-5,7,12,15H2,1H3. The molecule has 0 fully saturated rings. The van der Waals surface area contributed by atoms with E-state index in [9.17, 15) is 5.11 Å². The lowest BCUT2D eigenvalue weighted by Gasteiger charge is -2.08. The predicted molar refractivity (Wildman–Crippen MR) is 79.4 cm³/mol. The summed E-state index contributed by atoms with van der Waals surface area (Å²) < 4.78 is 0. The van der Waals surface area contributed by atoms with Crippen LogP contribution in [0, 0.1) is 5.92 Å². The van der Waals surface area contributed by atoms with Gasteiger partial charge < -0.3 is 5.11 Å². The van der Waals surface area contributed by atoms with E-state index in [1.54, 1.807) is 0 Å². The molecule has 0 aliphatic carbocycles. The number of aliphatic hydroxyl groups is 1. The fourth-order valence-electron chi connectivity index (χ4n) is 2.07. The van der Waals surface area contributed by atoms with E-state index in [0.717, 1.165) is 6.42 Å². The van der Waals surface area contributed by atoms with Crippen LogP contribution < -0.4 is 0 Å². The highest BCUT2D eigenvalue weighted by Crippen LogP contribution is 2.14. The van der Waals surface area contributed by atoms with Crippen molar-refractivity contribution in [1.29, 1.82) is 0 Å². The van der Waals surface area contributed by atoms with Gasteiger partial charge in [0.25, 0.3) is 0 Å². The Morgan fingerprint density at radius 3 is 2.44 bits per heavy atom. The first-order valence-electron chi connectivity index (χ1n) is 7.21. The molecule has 1 nitrogen and oxygen atoms in total. The van der Waals surface area contributed by atoms with Crippen LogP contribution in [-0.4, -0.2) is 11.7 Å². The first-order chi connectivity index (χ1) is 8.86. The maximum Gasteiger partial charge on any atom is 0.0493 e. The van der Waals surface area contributed by atoms with Crippen molar-refractivity contribution < 1.29 is 5.11 Å². The van der Waals surface area contributed by atoms with Crippen LogP contribution in [0.3, 0.4) is 0 Å². The number of hydrogen-bond acceptors (Lipinski definition) is 1. The lowest BCUT2D eigenvalue weighted by Crippen LogP contribution is -2.02. The van der Waals surface area contributed by atoms with Gasteiger partial charge in [-0.2, -0.15) is 0 Å². The molecule has 1 heteroatoms. The smallest absolute Gasteiger partial charge is 0.0493 e. The molecule has 1 aromatic rings. The van der Waals surface area contributed by atoms with Crippen LogP contribution in [0.15, 0.2) is 36.4 Å². The van der Waals surface area contributed by atoms with Gasteiger partial charge in [0.1, 0.15) is 0 Å². The highest BCUT2D eigenvalue weighted by atomic mass is 16.3. The summed E-state index contributed by atoms with van der Waals surface area (Å²) in [6, 6.07) is 10.3. The van der Waals surface area contributed by atoms with Crippen LogP contribution in [0.1, 0.15) is 51.0 Å². The second kappa shape index (κ2) is 9.90. The molecule has 0 aromatic heterocycles. The summed E-state index contributed by atoms with van der Waals surface area (Å²) >= 11 is 0. The first kappa shape index (κ1) is 15.0. The number of aliphatic hydroxyl groups excluding tert-OH is 1. The molecule has 0 amide bonds. The average molecular weight is 246 g/mol. The highest BCUT2D eigenvalue weighted by molar-refractivity contribution is 5.48. The highest BCUT2D eigenvalue weighted by Gasteiger charge is 2.02. The summed E-state index contributed by atoms with van der Waals surface area (Å²) in [6.07, 6.45) is 11.8. The van der Waals surface area contributed by atoms with Gasteiger partial charge in [0.15, 0.2) is 0 Å². The minimum atomic E-state index is 0.261. The Balaban J connectivity index is 2.27. The summed E-state index contributed by atoms with van der Waals surface area (Å²) in [4.78, 5) is 0. The molecular weight excluding hydrogens is 220 g/mol. The van der Waals surface area contributed by atoms with Gasteiger partial charge in [-0.05, 0) is 12.0 Å². The topological polar surface area (TPSA) is 20.2 Å². The minimum absolute atomic E-state index is 0.261. The number of unbranched alkanes of at least 4 members (excludes halogenated alkanes) is 4. The first-order valence-corrected chi connectivity index (χ1v) is 7.21. The van der Waals surface area contributed by atoms with Crippen molar-refractivity contribution in [3.8, 4) is 0 Å². The zero-order chi connectivity index (χ0) is 13.1. The largest absolute Gasteiger partial charge is 0.396 e. The Hall–Kier alpha value is -1.08. The number of rotatable bonds is 9. The summed E-state index contributed by atoms with van der Waals surface area (Å²) in [5, 5.41) is 9.36. The van der Waals surface area contributed by atoms with E-state index in [-0.39, 0.29) is 6.61 Å². The van der Waals surface area contributed by atoms with Gasteiger partial charge in [0.2, 0.25) is 0 Å². The number of hydrogen-bond donors (Lipinski definition) is 1. The fraction of sp³-hybridized carbons (Fsp3) is 0.529. The minimum Gasteiger partial charge on any atom is -0.396 e. The van der Waals surface area contributed by atoms with Crippen LogP contribution in [0.2, 0.25) is 0 Å². The molecule has 100 valence electrons. The molecule has 1 N–H and O–H groups in total. The predicted octanol–water partition coefficient (Wildman–Crippen LogP) is 4.67. The molecule has 0 saturated carbocycles. The molecule has 0 heterocycles. The lowest BCUT2D eigenvalue weighted by atomic mass is 10.00. The Bertz CT molecular complexity index is 316. The van der Waals surface area contributed by atoms with E-state index in [1.807, 2.05) is 18.2 Å². The molecular formula is C17H26O. The number of benzene rings is 1. The molecule has 0 saturated heterocycles. The third-order valence-corrected chi connectivity index (χ3v) is 3.27. The van der Waals surface area contributed by atoms with Crippen molar-refractivity contribution in [2.75, 3.05) is 6.61 Å². The zero-order valence-corrected chi connectivity index (χ0v) is 11.5. The van der Waals surface area contributed by atoms with Crippen molar-refractivity contribution in [3.63, 3.8) is 0 Å². The third-order valence-electron chi connectivity index (χ3n) is 3.27. The van der Waals surface area contributed by atoms with E-state index >= 15 is 0 Å². The van der Waals surface area contributed by atoms with Crippen LogP contribution in [0.25, 0.3) is 6.08 Å². The Morgan fingerprint density at radius 2 is 1.78 bits per heavy atom. The summed E-state index contributed by atoms with van der Waals surface area (Å²) in [6.45, 7) is 2.50. The maximum absolute atomic E-state index is 9.36. The summed E-state index contributed by atoms with van der Waals surface area (Å²) in [5.41, 5.74) is 1.21. The van der Waals surface area contributed by atoms with Crippen LogP contribution >= 0.6 is 0 Å². The van der Waals surface area contributed by atoms with Gasteiger partial charge >= 0.3 is 0 Å². The average Bonchev–Trinajstić information content (AvgIpc) is 2.43. The Morgan fingerprint density at radius 1 is 1.06 bits per heavy atom. The Labute approximate surface area is 112 Å². The van der Waals surface area contributed by atoms with E-state index in [4.69, 9.17) is 0 Å². The zero-order valence-electron chi connectivity index (χ0n) is 11.5. The molecule has 0 aliphatic heterocycles. The molecule has 0 radical (unpaired) electrons. The van der Waals surface area contributed by atoms with Crippen molar-refractivity contribution in [2.24, 2.45) is 5.92 Å². The molecule has 0 bridgehead atoms. The van der Waals surface area contributed by atoms with Gasteiger partial charge in [0.05, 0.1) is 0 Å². The summed E-state index contributed by atoms with van der Waals surface area (Å²) in [7, 11) is 0. The van der Waals surface area contributed by atoms with Crippen LogP contribution in [-0.2, 0) is 0 Å². The molecule has 1 atom stereocenters. The molecule has 18 heavy (non-hydrogen) atoms. The van der Waals surface area contributed by atoms with Crippen molar-refractivity contribution in [2.45, 2.75) is 45.4 Å². The van der Waals surface area contributed by atoms with Crippen molar-refractivity contribution >= 4 is 6.08 Å². The third kappa shape index (κ3) is 6.61. The van der Waals surface area contributed by atoms with Gasteiger partial charge in [-0.25, -0.2) is 0 Å². The quantitative estimate of drug-likeness (QED) is 0.628. The van der Waals surface area contributed by atoms with E-state index in [0.29, 0.717) is 5.92 Å². The van der Waals surface area contributed by atoms with E-state index in [1.165, 1.54) is 37.7 Å². The maximum atomic E-state index is 9.36. The van der Waals surface area contributed by atoms with Crippen molar-refractivity contribution in [1.82, 2.24) is 0 Å². The van der Waals surface area contributed by atoms with Crippen LogP contribution in [0.4, 0.5) is 0 Å². The van der Waals surface area contributed by atoms with E-state index < -0.39 is 0 Å². The van der Waals surface area contributed by atoms with E-state index in [2.05, 4.69) is 31.2 Å². The van der Waals surface area contributed by atoms with Gasteiger partial charge in [-0.15, -0.1) is 0 Å². The van der Waals surface area contributed by atoms with Crippen LogP contribution in [0.5, 0.6) is 0 Å².